The quantitative estimate of drug-likeness (QED) is 0.108. The fourth-order valence-electron chi connectivity index (χ4n) is 4.14. The molecular formula is C31H44N2O7. The average Bonchev–Trinajstić information content (AvgIpc) is 2.93. The number of methoxy groups -OCH3 is 2. The second-order valence-corrected chi connectivity index (χ2v) is 10.9. The molecule has 0 saturated carbocycles. The van der Waals surface area contributed by atoms with Crippen LogP contribution in [0, 0.1) is 10.8 Å². The molecule has 9 heteroatoms. The number of nitrogens with zero attached hydrogens (tertiary/aromatic N) is 2. The average molecular weight is 557 g/mol. The van der Waals surface area contributed by atoms with Crippen LogP contribution in [0.5, 0.6) is 11.5 Å². The normalized spacial score (nSPS) is 11.8. The maximum Gasteiger partial charge on any atom is 0.311 e. The molecule has 0 aliphatic carbocycles. The van der Waals surface area contributed by atoms with Gasteiger partial charge in [0, 0.05) is 7.11 Å². The van der Waals surface area contributed by atoms with E-state index in [1.807, 2.05) is 48.5 Å². The number of unbranched alkanes of at least 4 members (excludes halogenated alkanes) is 3. The molecule has 0 unspecified atom stereocenters. The minimum absolute atomic E-state index is 0.194. The molecule has 9 nitrogen and oxygen atoms in total. The maximum atomic E-state index is 12.6. The molecule has 0 atom stereocenters. The van der Waals surface area contributed by atoms with Crippen LogP contribution in [0.2, 0.25) is 0 Å². The van der Waals surface area contributed by atoms with Crippen molar-refractivity contribution in [3.05, 3.63) is 48.5 Å². The van der Waals surface area contributed by atoms with Gasteiger partial charge in [0.15, 0.2) is 0 Å². The van der Waals surface area contributed by atoms with E-state index in [2.05, 4.69) is 10.2 Å². The molecule has 0 aliphatic rings. The highest BCUT2D eigenvalue weighted by Gasteiger charge is 2.40. The van der Waals surface area contributed by atoms with Crippen LogP contribution in [-0.4, -0.2) is 52.6 Å². The van der Waals surface area contributed by atoms with E-state index >= 15 is 0 Å². The Morgan fingerprint density at radius 2 is 1.10 bits per heavy atom. The predicted octanol–water partition coefficient (Wildman–Crippen LogP) is 7.23. The third kappa shape index (κ3) is 11.7. The van der Waals surface area contributed by atoms with Crippen LogP contribution in [0.1, 0.15) is 59.8 Å². The van der Waals surface area contributed by atoms with Crippen molar-refractivity contribution in [1.29, 1.82) is 0 Å². The van der Waals surface area contributed by atoms with E-state index in [1.54, 1.807) is 41.9 Å². The van der Waals surface area contributed by atoms with E-state index in [9.17, 15) is 9.59 Å². The summed E-state index contributed by atoms with van der Waals surface area (Å²) in [6.07, 6.45) is 3.90. The summed E-state index contributed by atoms with van der Waals surface area (Å²) >= 11 is 0. The molecule has 2 rings (SSSR count). The van der Waals surface area contributed by atoms with Gasteiger partial charge < -0.3 is 23.7 Å². The molecule has 0 saturated heterocycles. The Bertz CT molecular complexity index is 1060. The predicted molar refractivity (Wildman–Crippen MR) is 154 cm³/mol. The summed E-state index contributed by atoms with van der Waals surface area (Å²) in [6.45, 7) is 8.65. The number of benzene rings is 2. The van der Waals surface area contributed by atoms with Gasteiger partial charge in [0.25, 0.3) is 0 Å². The maximum absolute atomic E-state index is 12.6. The molecule has 0 aliphatic heterocycles. The second kappa shape index (κ2) is 16.6. The first-order valence-corrected chi connectivity index (χ1v) is 13.7. The number of hydrogen-bond acceptors (Lipinski definition) is 9. The van der Waals surface area contributed by atoms with E-state index in [0.29, 0.717) is 26.2 Å². The van der Waals surface area contributed by atoms with Crippen molar-refractivity contribution in [2.24, 2.45) is 21.1 Å². The molecule has 220 valence electrons. The van der Waals surface area contributed by atoms with Crippen LogP contribution in [0.3, 0.4) is 0 Å². The molecule has 2 aromatic carbocycles. The lowest BCUT2D eigenvalue weighted by Gasteiger charge is -2.31. The zero-order valence-electron chi connectivity index (χ0n) is 24.7. The smallest absolute Gasteiger partial charge is 0.311 e. The number of hydrogen-bond donors (Lipinski definition) is 0. The van der Waals surface area contributed by atoms with Gasteiger partial charge in [-0.15, -0.1) is 0 Å². The van der Waals surface area contributed by atoms with Gasteiger partial charge in [-0.3, -0.25) is 9.59 Å². The van der Waals surface area contributed by atoms with E-state index < -0.39 is 10.8 Å². The standard InChI is InChI=1S/C31H44N2O7/c1-30(2,23-31(3,4)29(35)40-22-21-36-5)28(34)39-20-10-8-7-9-19-38-27-17-13-25(14-18-27)33-32-24-11-15-26(37-6)16-12-24/h11-18H,7-10,19-23H2,1-6H3. The summed E-state index contributed by atoms with van der Waals surface area (Å²) < 4.78 is 26.6. The van der Waals surface area contributed by atoms with Gasteiger partial charge in [0.2, 0.25) is 0 Å². The molecule has 0 aromatic heterocycles. The first-order chi connectivity index (χ1) is 19.1. The van der Waals surface area contributed by atoms with E-state index in [0.717, 1.165) is 48.6 Å². The van der Waals surface area contributed by atoms with Crippen molar-refractivity contribution in [3.8, 4) is 11.5 Å². The Kier molecular flexibility index (Phi) is 13.6. The van der Waals surface area contributed by atoms with Gasteiger partial charge in [0.1, 0.15) is 18.1 Å². The highest BCUT2D eigenvalue weighted by molar-refractivity contribution is 5.80. The van der Waals surface area contributed by atoms with Crippen LogP contribution in [0.4, 0.5) is 11.4 Å². The Balaban J connectivity index is 1.60. The van der Waals surface area contributed by atoms with Crippen molar-refractivity contribution in [2.75, 3.05) is 40.6 Å². The molecule has 0 spiro atoms. The second-order valence-electron chi connectivity index (χ2n) is 10.9. The number of carbonyl (C=O) groups is 2. The SMILES string of the molecule is COCCOC(=O)C(C)(C)CC(C)(C)C(=O)OCCCCCCOc1ccc(N=Nc2ccc(OC)cc2)cc1. The lowest BCUT2D eigenvalue weighted by molar-refractivity contribution is -0.162. The molecule has 0 heterocycles. The number of rotatable bonds is 18. The number of azo groups is 1. The van der Waals surface area contributed by atoms with Gasteiger partial charge in [-0.1, -0.05) is 0 Å². The number of carbonyl (C=O) groups excluding carboxylic acids is 2. The molecule has 0 N–H and O–H groups in total. The minimum Gasteiger partial charge on any atom is -0.497 e. The van der Waals surface area contributed by atoms with E-state index in [-0.39, 0.29) is 18.5 Å². The summed E-state index contributed by atoms with van der Waals surface area (Å²) in [4.78, 5) is 25.0. The topological polar surface area (TPSA) is 105 Å². The molecule has 40 heavy (non-hydrogen) atoms. The lowest BCUT2D eigenvalue weighted by atomic mass is 9.75. The van der Waals surface area contributed by atoms with Crippen LogP contribution in [0.15, 0.2) is 58.8 Å². The monoisotopic (exact) mass is 556 g/mol. The summed E-state index contributed by atoms with van der Waals surface area (Å²) in [5, 5.41) is 8.47. The summed E-state index contributed by atoms with van der Waals surface area (Å²) in [5.74, 6) is 0.906. The molecule has 2 aromatic rings. The summed E-state index contributed by atoms with van der Waals surface area (Å²) in [7, 11) is 3.17. The van der Waals surface area contributed by atoms with Crippen molar-refractivity contribution in [1.82, 2.24) is 0 Å². The third-order valence-electron chi connectivity index (χ3n) is 6.24. The van der Waals surface area contributed by atoms with Crippen molar-refractivity contribution < 1.29 is 33.3 Å². The van der Waals surface area contributed by atoms with Gasteiger partial charge in [-0.05, 0) is 108 Å². The zero-order valence-corrected chi connectivity index (χ0v) is 24.7. The van der Waals surface area contributed by atoms with Crippen molar-refractivity contribution in [2.45, 2.75) is 59.8 Å². The number of ether oxygens (including phenoxy) is 5. The third-order valence-corrected chi connectivity index (χ3v) is 6.24. The first-order valence-electron chi connectivity index (χ1n) is 13.7. The van der Waals surface area contributed by atoms with E-state index in [1.165, 1.54) is 0 Å². The first kappa shape index (κ1) is 32.8. The minimum atomic E-state index is -0.808. The molecule has 0 radical (unpaired) electrons. The Morgan fingerprint density at radius 1 is 0.625 bits per heavy atom. The molecule has 0 amide bonds. The fourth-order valence-corrected chi connectivity index (χ4v) is 4.14. The summed E-state index contributed by atoms with van der Waals surface area (Å²) in [6, 6.07) is 14.9. The van der Waals surface area contributed by atoms with Gasteiger partial charge in [-0.25, -0.2) is 0 Å². The molecule has 0 fully saturated rings. The highest BCUT2D eigenvalue weighted by atomic mass is 16.6. The summed E-state index contributed by atoms with van der Waals surface area (Å²) in [5.41, 5.74) is -0.117. The van der Waals surface area contributed by atoms with Crippen LogP contribution < -0.4 is 9.47 Å². The lowest BCUT2D eigenvalue weighted by Crippen LogP contribution is -2.37. The van der Waals surface area contributed by atoms with Gasteiger partial charge in [0.05, 0.1) is 49.1 Å². The molecule has 0 bridgehead atoms. The fraction of sp³-hybridized carbons (Fsp3) is 0.548. The van der Waals surface area contributed by atoms with Crippen LogP contribution in [0.25, 0.3) is 0 Å². The largest absolute Gasteiger partial charge is 0.497 e. The Morgan fingerprint density at radius 3 is 1.60 bits per heavy atom. The molecular weight excluding hydrogens is 512 g/mol. The highest BCUT2D eigenvalue weighted by Crippen LogP contribution is 2.35. The Hall–Kier alpha value is -3.46. The van der Waals surface area contributed by atoms with Gasteiger partial charge >= 0.3 is 11.9 Å². The Labute approximate surface area is 238 Å². The van der Waals surface area contributed by atoms with Crippen LogP contribution >= 0.6 is 0 Å². The number of esters is 2. The van der Waals surface area contributed by atoms with Gasteiger partial charge in [-0.2, -0.15) is 10.2 Å². The van der Waals surface area contributed by atoms with E-state index in [4.69, 9.17) is 23.7 Å². The van der Waals surface area contributed by atoms with Crippen molar-refractivity contribution in [3.63, 3.8) is 0 Å². The van der Waals surface area contributed by atoms with Crippen LogP contribution in [-0.2, 0) is 23.8 Å². The van der Waals surface area contributed by atoms with Crippen molar-refractivity contribution >= 4 is 23.3 Å². The zero-order chi connectivity index (χ0) is 29.4.